The Morgan fingerprint density at radius 2 is 1.49 bits per heavy atom. The number of Topliss-reactive ketones (excluding diaryl/α,β-unsaturated/α-hetero) is 1. The van der Waals surface area contributed by atoms with Gasteiger partial charge in [-0.1, -0.05) is 66.7 Å². The molecule has 180 valence electrons. The Hall–Kier alpha value is -4.90. The normalized spacial score (nSPS) is 14.0. The van der Waals surface area contributed by atoms with Crippen LogP contribution in [0.25, 0.3) is 11.1 Å². The lowest BCUT2D eigenvalue weighted by molar-refractivity contribution is 0.0966. The van der Waals surface area contributed by atoms with E-state index < -0.39 is 6.04 Å². The van der Waals surface area contributed by atoms with Crippen LogP contribution in [-0.4, -0.2) is 16.3 Å². The fourth-order valence-corrected chi connectivity index (χ4v) is 4.88. The van der Waals surface area contributed by atoms with Crippen molar-refractivity contribution in [1.29, 1.82) is 0 Å². The number of para-hydroxylation sites is 1. The van der Waals surface area contributed by atoms with E-state index in [9.17, 15) is 9.59 Å². The van der Waals surface area contributed by atoms with Crippen LogP contribution in [0.2, 0.25) is 0 Å². The number of amides is 1. The van der Waals surface area contributed by atoms with Gasteiger partial charge in [-0.05, 0) is 65.2 Å². The molecule has 37 heavy (non-hydrogen) atoms. The number of anilines is 2. The molecule has 2 heterocycles. The highest BCUT2D eigenvalue weighted by Gasteiger charge is 2.28. The second kappa shape index (κ2) is 9.63. The number of aromatic nitrogens is 1. The molecule has 1 atom stereocenters. The fourth-order valence-electron chi connectivity index (χ4n) is 4.88. The zero-order valence-electron chi connectivity index (χ0n) is 20.1. The summed E-state index contributed by atoms with van der Waals surface area (Å²) in [6.45, 7) is 0.713. The molecule has 2 N–H and O–H groups in total. The van der Waals surface area contributed by atoms with Crippen LogP contribution in [0.1, 0.15) is 38.0 Å². The van der Waals surface area contributed by atoms with Crippen molar-refractivity contribution >= 4 is 23.1 Å². The molecule has 1 aliphatic rings. The first-order valence-electron chi connectivity index (χ1n) is 12.3. The Bertz CT molecular complexity index is 1590. The van der Waals surface area contributed by atoms with E-state index in [1.807, 2.05) is 91.1 Å². The number of nitrogens with zero attached hydrogens (tertiary/aromatic N) is 1. The predicted molar refractivity (Wildman–Crippen MR) is 147 cm³/mol. The quantitative estimate of drug-likeness (QED) is 0.270. The molecule has 0 saturated carbocycles. The second-order valence-corrected chi connectivity index (χ2v) is 9.10. The topological polar surface area (TPSA) is 63.1 Å². The van der Waals surface area contributed by atoms with E-state index in [1.54, 1.807) is 24.3 Å². The number of carbonyl (C=O) groups is 2. The van der Waals surface area contributed by atoms with Crippen molar-refractivity contribution < 1.29 is 9.59 Å². The molecule has 5 nitrogen and oxygen atoms in total. The van der Waals surface area contributed by atoms with Crippen molar-refractivity contribution in [3.63, 3.8) is 0 Å². The summed E-state index contributed by atoms with van der Waals surface area (Å²) in [4.78, 5) is 26.8. The van der Waals surface area contributed by atoms with Gasteiger partial charge in [-0.25, -0.2) is 0 Å². The molecule has 0 saturated heterocycles. The molecule has 0 spiro atoms. The van der Waals surface area contributed by atoms with Gasteiger partial charge >= 0.3 is 0 Å². The molecule has 4 aromatic carbocycles. The molecule has 5 aromatic rings. The van der Waals surface area contributed by atoms with Gasteiger partial charge in [-0.15, -0.1) is 0 Å². The summed E-state index contributed by atoms with van der Waals surface area (Å²) in [6.07, 6.45) is 2.01. The largest absolute Gasteiger partial charge is 0.370 e. The van der Waals surface area contributed by atoms with Crippen LogP contribution in [0.4, 0.5) is 11.4 Å². The number of nitrogens with one attached hydrogen (secondary N) is 2. The minimum atomic E-state index is -0.503. The molecule has 0 radical (unpaired) electrons. The van der Waals surface area contributed by atoms with Gasteiger partial charge < -0.3 is 15.2 Å². The fraction of sp³-hybridized carbons (Fsp3) is 0.0625. The highest BCUT2D eigenvalue weighted by atomic mass is 16.1. The van der Waals surface area contributed by atoms with Crippen molar-refractivity contribution in [2.45, 2.75) is 12.6 Å². The molecule has 1 aliphatic heterocycles. The molecule has 6 rings (SSSR count). The summed E-state index contributed by atoms with van der Waals surface area (Å²) in [5.41, 5.74) is 6.69. The van der Waals surface area contributed by atoms with E-state index in [0.717, 1.165) is 28.1 Å². The maximum atomic E-state index is 13.6. The number of ketones is 1. The Kier molecular flexibility index (Phi) is 5.87. The number of benzene rings is 4. The molecule has 1 aromatic heterocycles. The maximum absolute atomic E-state index is 13.6. The smallest absolute Gasteiger partial charge is 0.256 e. The van der Waals surface area contributed by atoms with E-state index in [4.69, 9.17) is 0 Å². The lowest BCUT2D eigenvalue weighted by atomic mass is 9.99. The van der Waals surface area contributed by atoms with Crippen LogP contribution in [0, 0.1) is 0 Å². The molecule has 0 aliphatic carbocycles. The molecule has 0 fully saturated rings. The van der Waals surface area contributed by atoms with E-state index in [-0.39, 0.29) is 11.7 Å². The summed E-state index contributed by atoms with van der Waals surface area (Å²) in [6, 6.07) is 36.0. The maximum Gasteiger partial charge on any atom is 0.256 e. The van der Waals surface area contributed by atoms with Crippen molar-refractivity contribution in [2.75, 3.05) is 10.6 Å². The first-order chi connectivity index (χ1) is 18.2. The third-order valence-corrected chi connectivity index (χ3v) is 6.76. The van der Waals surface area contributed by atoms with Crippen molar-refractivity contribution in [3.05, 3.63) is 144 Å². The van der Waals surface area contributed by atoms with E-state index >= 15 is 0 Å². The predicted octanol–water partition coefficient (Wildman–Crippen LogP) is 6.81. The Labute approximate surface area is 215 Å². The third-order valence-electron chi connectivity index (χ3n) is 6.76. The zero-order valence-corrected chi connectivity index (χ0v) is 20.1. The molecular weight excluding hydrogens is 458 g/mol. The van der Waals surface area contributed by atoms with E-state index in [2.05, 4.69) is 21.3 Å². The van der Waals surface area contributed by atoms with Crippen molar-refractivity contribution in [3.8, 4) is 11.1 Å². The van der Waals surface area contributed by atoms with Crippen LogP contribution >= 0.6 is 0 Å². The number of fused-ring (bicyclic) bond motifs is 2. The van der Waals surface area contributed by atoms with Gasteiger partial charge in [0.1, 0.15) is 6.04 Å². The highest BCUT2D eigenvalue weighted by Crippen LogP contribution is 2.31. The van der Waals surface area contributed by atoms with Crippen molar-refractivity contribution in [1.82, 2.24) is 4.57 Å². The van der Waals surface area contributed by atoms with Gasteiger partial charge in [0.15, 0.2) is 5.78 Å². The lowest BCUT2D eigenvalue weighted by Crippen LogP contribution is -2.22. The molecule has 1 unspecified atom stereocenters. The van der Waals surface area contributed by atoms with Gasteiger partial charge in [0.05, 0.1) is 0 Å². The van der Waals surface area contributed by atoms with Gasteiger partial charge in [-0.2, -0.15) is 0 Å². The lowest BCUT2D eigenvalue weighted by Gasteiger charge is -2.18. The van der Waals surface area contributed by atoms with Gasteiger partial charge in [0.2, 0.25) is 0 Å². The van der Waals surface area contributed by atoms with Crippen LogP contribution in [0.5, 0.6) is 0 Å². The SMILES string of the molecule is O=C(Nc1ccc(C(=O)C2Nc3ccccc3Cn3cccc32)cc1)c1ccccc1-c1ccccc1. The van der Waals surface area contributed by atoms with Gasteiger partial charge in [0.25, 0.3) is 5.91 Å². The zero-order chi connectivity index (χ0) is 25.2. The standard InChI is InChI=1S/C32H25N3O2/c36-31(30-29-15-8-20-35(29)21-24-11-4-7-14-28(24)34-30)23-16-18-25(19-17-23)33-32(37)27-13-6-5-12-26(27)22-9-2-1-3-10-22/h1-20,30,34H,21H2,(H,33,37). The van der Waals surface area contributed by atoms with Crippen LogP contribution in [0.3, 0.4) is 0 Å². The molecule has 0 bridgehead atoms. The number of hydrogen-bond donors (Lipinski definition) is 2. The summed E-state index contributed by atoms with van der Waals surface area (Å²) < 4.78 is 2.11. The number of carbonyl (C=O) groups excluding carboxylic acids is 2. The summed E-state index contributed by atoms with van der Waals surface area (Å²) in [5.74, 6) is -0.220. The summed E-state index contributed by atoms with van der Waals surface area (Å²) in [5, 5.41) is 6.43. The average Bonchev–Trinajstić information content (AvgIpc) is 3.34. The summed E-state index contributed by atoms with van der Waals surface area (Å²) >= 11 is 0. The van der Waals surface area contributed by atoms with E-state index in [1.165, 1.54) is 0 Å². The second-order valence-electron chi connectivity index (χ2n) is 9.10. The van der Waals surface area contributed by atoms with Crippen LogP contribution < -0.4 is 10.6 Å². The van der Waals surface area contributed by atoms with Crippen LogP contribution in [-0.2, 0) is 6.54 Å². The minimum absolute atomic E-state index is 0.0241. The Balaban J connectivity index is 1.23. The highest BCUT2D eigenvalue weighted by molar-refractivity contribution is 6.09. The molecular formula is C32H25N3O2. The first kappa shape index (κ1) is 22.6. The van der Waals surface area contributed by atoms with Crippen LogP contribution in [0.15, 0.2) is 121 Å². The third kappa shape index (κ3) is 4.43. The van der Waals surface area contributed by atoms with Gasteiger partial charge in [-0.3, -0.25) is 9.59 Å². The van der Waals surface area contributed by atoms with Gasteiger partial charge in [0, 0.05) is 40.9 Å². The number of hydrogen-bond acceptors (Lipinski definition) is 3. The Morgan fingerprint density at radius 1 is 0.757 bits per heavy atom. The number of rotatable bonds is 5. The first-order valence-corrected chi connectivity index (χ1v) is 12.3. The Morgan fingerprint density at radius 3 is 2.32 bits per heavy atom. The monoisotopic (exact) mass is 483 g/mol. The average molecular weight is 484 g/mol. The molecule has 5 heteroatoms. The minimum Gasteiger partial charge on any atom is -0.370 e. The molecule has 1 amide bonds. The summed E-state index contributed by atoms with van der Waals surface area (Å²) in [7, 11) is 0. The van der Waals surface area contributed by atoms with Crippen molar-refractivity contribution in [2.24, 2.45) is 0 Å². The van der Waals surface area contributed by atoms with E-state index in [0.29, 0.717) is 23.4 Å².